The summed E-state index contributed by atoms with van der Waals surface area (Å²) in [5.41, 5.74) is 0.534. The van der Waals surface area contributed by atoms with Crippen molar-refractivity contribution in [3.8, 4) is 0 Å². The van der Waals surface area contributed by atoms with Gasteiger partial charge in [-0.05, 0) is 6.07 Å². The average molecular weight is 170 g/mol. The van der Waals surface area contributed by atoms with Crippen LogP contribution in [0.4, 0.5) is 4.39 Å². The maximum Gasteiger partial charge on any atom is 0.152 e. The highest BCUT2D eigenvalue weighted by molar-refractivity contribution is 6.31. The second-order valence-corrected chi connectivity index (χ2v) is 2.52. The number of hydrogen-bond donors (Lipinski definition) is 1. The van der Waals surface area contributed by atoms with Crippen LogP contribution in [0.1, 0.15) is 0 Å². The normalized spacial score (nSPS) is 10.7. The lowest BCUT2D eigenvalue weighted by Crippen LogP contribution is -1.77. The van der Waals surface area contributed by atoms with Crippen LogP contribution in [0.5, 0.6) is 0 Å². The molecular weight excluding hydrogens is 167 g/mol. The number of aromatic nitrogens is 2. The first-order valence-corrected chi connectivity index (χ1v) is 3.35. The number of rotatable bonds is 0. The van der Waals surface area contributed by atoms with E-state index in [0.29, 0.717) is 10.9 Å². The monoisotopic (exact) mass is 169 g/mol. The molecule has 1 aromatic carbocycles. The van der Waals surface area contributed by atoms with Gasteiger partial charge in [-0.2, -0.15) is 5.10 Å². The predicted octanol–water partition coefficient (Wildman–Crippen LogP) is 2.16. The molecule has 11 heavy (non-hydrogen) atoms. The first-order valence-electron chi connectivity index (χ1n) is 2.98. The minimum Gasteiger partial charge on any atom is -0.277 e. The number of fused-ring (bicyclic) bond motifs is 1. The quantitative estimate of drug-likeness (QED) is 0.643. The molecule has 0 atom stereocenters. The Kier molecular flexibility index (Phi) is 1.32. The highest BCUT2D eigenvalue weighted by Crippen LogP contribution is 2.21. The van der Waals surface area contributed by atoms with E-state index in [1.165, 1.54) is 12.3 Å². The number of hydrogen-bond acceptors (Lipinski definition) is 1. The summed E-state index contributed by atoms with van der Waals surface area (Å²) >= 11 is 5.50. The van der Waals surface area contributed by atoms with E-state index < -0.39 is 5.82 Å². The van der Waals surface area contributed by atoms with E-state index in [1.54, 1.807) is 0 Å². The lowest BCUT2D eigenvalue weighted by molar-refractivity contribution is 0.640. The molecule has 0 bridgehead atoms. The molecule has 1 N–H and O–H groups in total. The highest BCUT2D eigenvalue weighted by Gasteiger charge is 2.05. The van der Waals surface area contributed by atoms with E-state index in [1.807, 2.05) is 0 Å². The number of halogens is 2. The molecule has 1 radical (unpaired) electrons. The number of aromatic amines is 1. The molecule has 2 aromatic rings. The fourth-order valence-corrected chi connectivity index (χ4v) is 1.05. The topological polar surface area (TPSA) is 28.7 Å². The smallest absolute Gasteiger partial charge is 0.152 e. The van der Waals surface area contributed by atoms with Gasteiger partial charge in [-0.3, -0.25) is 5.10 Å². The molecular formula is C7H3ClFN2. The largest absolute Gasteiger partial charge is 0.277 e. The molecule has 4 heteroatoms. The van der Waals surface area contributed by atoms with Crippen molar-refractivity contribution < 1.29 is 4.39 Å². The molecule has 1 aromatic heterocycles. The highest BCUT2D eigenvalue weighted by atomic mass is 35.5. The summed E-state index contributed by atoms with van der Waals surface area (Å²) in [6.45, 7) is 0. The molecule has 0 unspecified atom stereocenters. The molecule has 0 aliphatic rings. The second kappa shape index (κ2) is 2.20. The molecule has 0 aliphatic carbocycles. The summed E-state index contributed by atoms with van der Waals surface area (Å²) in [5.74, 6) is -0.450. The van der Waals surface area contributed by atoms with E-state index >= 15 is 0 Å². The fraction of sp³-hybridized carbons (Fsp3) is 0. The first-order chi connectivity index (χ1) is 5.29. The van der Waals surface area contributed by atoms with Gasteiger partial charge in [-0.25, -0.2) is 4.39 Å². The van der Waals surface area contributed by atoms with Crippen molar-refractivity contribution >= 4 is 22.5 Å². The van der Waals surface area contributed by atoms with Gasteiger partial charge in [-0.15, -0.1) is 0 Å². The Labute approximate surface area is 67.0 Å². The van der Waals surface area contributed by atoms with Gasteiger partial charge in [0, 0.05) is 6.07 Å². The number of nitrogens with one attached hydrogen (secondary N) is 1. The standard InChI is InChI=1S/C7H3ClFN2/c8-5-1-2-6-4(7(5)9)3-10-11-6/h1,3H,(H,10,11). The fourth-order valence-electron chi connectivity index (χ4n) is 0.890. The third kappa shape index (κ3) is 0.886. The summed E-state index contributed by atoms with van der Waals surface area (Å²) in [6.07, 6.45) is 1.38. The van der Waals surface area contributed by atoms with E-state index in [2.05, 4.69) is 16.3 Å². The SMILES string of the molecule is Fc1c(Cl)c[c]c2[nH]ncc12. The van der Waals surface area contributed by atoms with Crippen LogP contribution >= 0.6 is 11.6 Å². The van der Waals surface area contributed by atoms with Gasteiger partial charge in [-0.1, -0.05) is 11.6 Å². The van der Waals surface area contributed by atoms with Gasteiger partial charge in [0.2, 0.25) is 0 Å². The van der Waals surface area contributed by atoms with E-state index in [0.717, 1.165) is 0 Å². The average Bonchev–Trinajstić information content (AvgIpc) is 2.45. The van der Waals surface area contributed by atoms with E-state index in [9.17, 15) is 4.39 Å². The Bertz CT molecular complexity index is 396. The molecule has 0 aliphatic heterocycles. The number of nitrogens with zero attached hydrogens (tertiary/aromatic N) is 1. The van der Waals surface area contributed by atoms with Crippen LogP contribution in [0.2, 0.25) is 5.02 Å². The van der Waals surface area contributed by atoms with E-state index in [-0.39, 0.29) is 5.02 Å². The van der Waals surface area contributed by atoms with Crippen molar-refractivity contribution in [2.45, 2.75) is 0 Å². The minimum atomic E-state index is -0.450. The van der Waals surface area contributed by atoms with Gasteiger partial charge < -0.3 is 0 Å². The van der Waals surface area contributed by atoms with Crippen molar-refractivity contribution in [3.05, 3.63) is 29.2 Å². The molecule has 2 rings (SSSR count). The van der Waals surface area contributed by atoms with Crippen LogP contribution in [-0.4, -0.2) is 10.2 Å². The Morgan fingerprint density at radius 3 is 3.27 bits per heavy atom. The molecule has 0 saturated carbocycles. The van der Waals surface area contributed by atoms with Crippen LogP contribution in [-0.2, 0) is 0 Å². The van der Waals surface area contributed by atoms with Gasteiger partial charge >= 0.3 is 0 Å². The predicted molar refractivity (Wildman–Crippen MR) is 39.9 cm³/mol. The maximum absolute atomic E-state index is 13.0. The van der Waals surface area contributed by atoms with Crippen LogP contribution in [0.25, 0.3) is 10.9 Å². The van der Waals surface area contributed by atoms with Crippen LogP contribution in [0.15, 0.2) is 12.3 Å². The van der Waals surface area contributed by atoms with Crippen LogP contribution in [0.3, 0.4) is 0 Å². The third-order valence-electron chi connectivity index (χ3n) is 1.43. The van der Waals surface area contributed by atoms with Gasteiger partial charge in [0.15, 0.2) is 5.82 Å². The summed E-state index contributed by atoms with van der Waals surface area (Å²) in [4.78, 5) is 0. The number of benzene rings is 1. The molecule has 2 nitrogen and oxygen atoms in total. The summed E-state index contributed by atoms with van der Waals surface area (Å²) in [6, 6.07) is 4.12. The zero-order chi connectivity index (χ0) is 7.84. The van der Waals surface area contributed by atoms with Crippen molar-refractivity contribution in [3.63, 3.8) is 0 Å². The van der Waals surface area contributed by atoms with Crippen molar-refractivity contribution in [2.75, 3.05) is 0 Å². The lowest BCUT2D eigenvalue weighted by Gasteiger charge is -1.92. The van der Waals surface area contributed by atoms with Crippen LogP contribution in [0, 0.1) is 11.9 Å². The van der Waals surface area contributed by atoms with Gasteiger partial charge in [0.05, 0.1) is 22.1 Å². The van der Waals surface area contributed by atoms with Gasteiger partial charge in [0.1, 0.15) is 0 Å². The first kappa shape index (κ1) is 6.61. The van der Waals surface area contributed by atoms with Crippen molar-refractivity contribution in [2.24, 2.45) is 0 Å². The van der Waals surface area contributed by atoms with Gasteiger partial charge in [0.25, 0.3) is 0 Å². The Hall–Kier alpha value is -1.09. The minimum absolute atomic E-state index is 0.0684. The van der Waals surface area contributed by atoms with Crippen molar-refractivity contribution in [1.82, 2.24) is 10.2 Å². The molecule has 0 saturated heterocycles. The third-order valence-corrected chi connectivity index (χ3v) is 1.70. The maximum atomic E-state index is 13.0. The zero-order valence-electron chi connectivity index (χ0n) is 5.36. The summed E-state index contributed by atoms with van der Waals surface area (Å²) in [7, 11) is 0. The zero-order valence-corrected chi connectivity index (χ0v) is 6.11. The number of H-pyrrole nitrogens is 1. The second-order valence-electron chi connectivity index (χ2n) is 2.11. The summed E-state index contributed by atoms with van der Waals surface area (Å²) in [5, 5.41) is 6.67. The molecule has 0 fully saturated rings. The molecule has 55 valence electrons. The molecule has 0 spiro atoms. The van der Waals surface area contributed by atoms with E-state index in [4.69, 9.17) is 11.6 Å². The summed E-state index contributed by atoms with van der Waals surface area (Å²) < 4.78 is 13.0. The van der Waals surface area contributed by atoms with Crippen LogP contribution < -0.4 is 0 Å². The lowest BCUT2D eigenvalue weighted by atomic mass is 10.2. The Morgan fingerprint density at radius 2 is 2.45 bits per heavy atom. The van der Waals surface area contributed by atoms with Crippen molar-refractivity contribution in [1.29, 1.82) is 0 Å². The molecule has 0 amide bonds. The molecule has 1 heterocycles. The Balaban J connectivity index is 2.93. The Morgan fingerprint density at radius 1 is 1.64 bits per heavy atom.